The molecule has 1 amide bonds. The minimum absolute atomic E-state index is 0.0903. The van der Waals surface area contributed by atoms with Gasteiger partial charge in [0, 0.05) is 32.1 Å². The van der Waals surface area contributed by atoms with Crippen molar-refractivity contribution in [3.05, 3.63) is 47.5 Å². The van der Waals surface area contributed by atoms with Crippen LogP contribution in [0.4, 0.5) is 4.79 Å². The summed E-state index contributed by atoms with van der Waals surface area (Å²) in [6.07, 6.45) is 4.48. The van der Waals surface area contributed by atoms with Crippen LogP contribution in [-0.2, 0) is 20.8 Å². The van der Waals surface area contributed by atoms with Crippen molar-refractivity contribution < 1.29 is 29.2 Å². The number of hydrogen-bond donors (Lipinski definition) is 2. The van der Waals surface area contributed by atoms with E-state index >= 15 is 0 Å². The molecular formula is C26H35NO6. The number of hydrogen-bond acceptors (Lipinski definition) is 6. The Labute approximate surface area is 195 Å². The fourth-order valence-electron chi connectivity index (χ4n) is 6.51. The number of carbonyl (C=O) groups excluding carboxylic acids is 1. The molecule has 2 N–H and O–H groups in total. The number of aryl methyl sites for hydroxylation is 2. The molecule has 2 aliphatic carbocycles. The first-order valence-corrected chi connectivity index (χ1v) is 12.1. The second kappa shape index (κ2) is 8.08. The molecule has 2 spiro atoms. The van der Waals surface area contributed by atoms with Gasteiger partial charge in [0.1, 0.15) is 6.10 Å². The number of ether oxygens (including phenoxy) is 3. The van der Waals surface area contributed by atoms with E-state index < -0.39 is 41.5 Å². The SMILES string of the molecule is C=CC[C@]1(O)N(Cc2cc(C)cc(C)c2)C(=O)O[C@@]12C[C@@H](O)C1OC3(CCCCC3)O[C@@H]1C2. The fourth-order valence-corrected chi connectivity index (χ4v) is 6.51. The van der Waals surface area contributed by atoms with Crippen molar-refractivity contribution in [1.82, 2.24) is 4.90 Å². The molecule has 2 heterocycles. The lowest BCUT2D eigenvalue weighted by Gasteiger charge is -2.47. The molecule has 7 heteroatoms. The van der Waals surface area contributed by atoms with E-state index in [4.69, 9.17) is 14.2 Å². The summed E-state index contributed by atoms with van der Waals surface area (Å²) in [6.45, 7) is 8.04. The predicted molar refractivity (Wildman–Crippen MR) is 121 cm³/mol. The highest BCUT2D eigenvalue weighted by atomic mass is 16.8. The van der Waals surface area contributed by atoms with Gasteiger partial charge in [-0.1, -0.05) is 41.8 Å². The Balaban J connectivity index is 1.45. The summed E-state index contributed by atoms with van der Waals surface area (Å²) < 4.78 is 18.6. The molecule has 5 rings (SSSR count). The summed E-state index contributed by atoms with van der Waals surface area (Å²) >= 11 is 0. The number of benzene rings is 1. The minimum Gasteiger partial charge on any atom is -0.437 e. The molecule has 2 saturated heterocycles. The first-order valence-electron chi connectivity index (χ1n) is 12.1. The van der Waals surface area contributed by atoms with Crippen LogP contribution >= 0.6 is 0 Å². The Hall–Kier alpha value is -1.93. The van der Waals surface area contributed by atoms with Crippen LogP contribution in [-0.4, -0.2) is 56.6 Å². The fraction of sp³-hybridized carbons (Fsp3) is 0.654. The number of rotatable bonds is 4. The smallest absolute Gasteiger partial charge is 0.413 e. The lowest BCUT2D eigenvalue weighted by Crippen LogP contribution is -2.64. The Kier molecular flexibility index (Phi) is 5.59. The van der Waals surface area contributed by atoms with Crippen LogP contribution in [0.3, 0.4) is 0 Å². The average molecular weight is 458 g/mol. The van der Waals surface area contributed by atoms with Crippen LogP contribution in [0, 0.1) is 13.8 Å². The lowest BCUT2D eigenvalue weighted by atomic mass is 9.72. The molecule has 180 valence electrons. The number of aliphatic hydroxyl groups is 2. The monoisotopic (exact) mass is 457 g/mol. The van der Waals surface area contributed by atoms with Crippen LogP contribution < -0.4 is 0 Å². The molecule has 2 saturated carbocycles. The first kappa shape index (κ1) is 22.8. The molecule has 4 aliphatic rings. The maximum absolute atomic E-state index is 13.2. The summed E-state index contributed by atoms with van der Waals surface area (Å²) in [4.78, 5) is 14.6. The lowest BCUT2D eigenvalue weighted by molar-refractivity contribution is -0.205. The molecule has 0 radical (unpaired) electrons. The molecular weight excluding hydrogens is 422 g/mol. The average Bonchev–Trinajstić information content (AvgIpc) is 3.17. The standard InChI is InChI=1S/C26H35NO6/c1-4-8-26(30)24(33-23(29)27(26)16-19-12-17(2)11-18(3)13-19)14-20(28)22-21(15-24)31-25(32-22)9-6-5-7-10-25/h4,11-13,20-22,28,30H,1,5-10,14-16H2,2-3H3/t20-,21-,22?,24-,26-/m1/s1. The van der Waals surface area contributed by atoms with Gasteiger partial charge in [-0.2, -0.15) is 0 Å². The second-order valence-corrected chi connectivity index (χ2v) is 10.4. The second-order valence-electron chi connectivity index (χ2n) is 10.4. The zero-order valence-corrected chi connectivity index (χ0v) is 19.6. The van der Waals surface area contributed by atoms with E-state index in [1.807, 2.05) is 26.0 Å². The normalized spacial score (nSPS) is 37.4. The van der Waals surface area contributed by atoms with Gasteiger partial charge in [-0.3, -0.25) is 4.90 Å². The van der Waals surface area contributed by atoms with Gasteiger partial charge >= 0.3 is 6.09 Å². The van der Waals surface area contributed by atoms with Gasteiger partial charge in [-0.15, -0.1) is 6.58 Å². The Morgan fingerprint density at radius 2 is 1.82 bits per heavy atom. The molecule has 5 atom stereocenters. The van der Waals surface area contributed by atoms with E-state index in [0.29, 0.717) is 0 Å². The maximum Gasteiger partial charge on any atom is 0.413 e. The first-order chi connectivity index (χ1) is 15.7. The maximum atomic E-state index is 13.2. The van der Waals surface area contributed by atoms with Gasteiger partial charge in [-0.05, 0) is 32.3 Å². The number of carbonyl (C=O) groups is 1. The van der Waals surface area contributed by atoms with Crippen molar-refractivity contribution in [2.45, 2.75) is 107 Å². The third-order valence-electron chi connectivity index (χ3n) is 7.88. The highest BCUT2D eigenvalue weighted by molar-refractivity contribution is 5.72. The van der Waals surface area contributed by atoms with Crippen LogP contribution in [0.25, 0.3) is 0 Å². The van der Waals surface area contributed by atoms with Crippen LogP contribution in [0.1, 0.15) is 68.1 Å². The van der Waals surface area contributed by atoms with Crippen LogP contribution in [0.5, 0.6) is 0 Å². The van der Waals surface area contributed by atoms with Crippen LogP contribution in [0.15, 0.2) is 30.9 Å². The van der Waals surface area contributed by atoms with E-state index in [0.717, 1.165) is 48.8 Å². The van der Waals surface area contributed by atoms with Crippen molar-refractivity contribution in [3.63, 3.8) is 0 Å². The van der Waals surface area contributed by atoms with E-state index in [1.165, 1.54) is 4.90 Å². The van der Waals surface area contributed by atoms with Crippen molar-refractivity contribution in [2.24, 2.45) is 0 Å². The van der Waals surface area contributed by atoms with E-state index in [-0.39, 0.29) is 25.8 Å². The largest absolute Gasteiger partial charge is 0.437 e. The van der Waals surface area contributed by atoms with Gasteiger partial charge in [0.25, 0.3) is 0 Å². The van der Waals surface area contributed by atoms with Gasteiger partial charge in [0.05, 0.1) is 18.8 Å². The van der Waals surface area contributed by atoms with Gasteiger partial charge < -0.3 is 24.4 Å². The van der Waals surface area contributed by atoms with Crippen molar-refractivity contribution >= 4 is 6.09 Å². The van der Waals surface area contributed by atoms with E-state index in [1.54, 1.807) is 6.08 Å². The van der Waals surface area contributed by atoms with Crippen molar-refractivity contribution in [2.75, 3.05) is 0 Å². The quantitative estimate of drug-likeness (QED) is 0.668. The van der Waals surface area contributed by atoms with E-state index in [9.17, 15) is 15.0 Å². The third kappa shape index (κ3) is 3.70. The number of nitrogens with zero attached hydrogens (tertiary/aromatic N) is 1. The van der Waals surface area contributed by atoms with Crippen LogP contribution in [0.2, 0.25) is 0 Å². The molecule has 1 aromatic carbocycles. The summed E-state index contributed by atoms with van der Waals surface area (Å²) in [5, 5.41) is 23.1. The molecule has 33 heavy (non-hydrogen) atoms. The minimum atomic E-state index is -1.65. The Morgan fingerprint density at radius 3 is 2.48 bits per heavy atom. The van der Waals surface area contributed by atoms with Gasteiger partial charge in [0.15, 0.2) is 17.1 Å². The molecule has 1 aromatic rings. The highest BCUT2D eigenvalue weighted by Crippen LogP contribution is 2.54. The number of fused-ring (bicyclic) bond motifs is 1. The van der Waals surface area contributed by atoms with Crippen molar-refractivity contribution in [1.29, 1.82) is 0 Å². The molecule has 0 aromatic heterocycles. The Bertz CT molecular complexity index is 922. The van der Waals surface area contributed by atoms with E-state index in [2.05, 4.69) is 12.6 Å². The summed E-state index contributed by atoms with van der Waals surface area (Å²) in [5.74, 6) is -0.669. The zero-order valence-electron chi connectivity index (χ0n) is 19.6. The number of amides is 1. The number of aliphatic hydroxyl groups excluding tert-OH is 1. The molecule has 4 fully saturated rings. The highest BCUT2D eigenvalue weighted by Gasteiger charge is 2.69. The molecule has 0 bridgehead atoms. The third-order valence-corrected chi connectivity index (χ3v) is 7.88. The Morgan fingerprint density at radius 1 is 1.12 bits per heavy atom. The summed E-state index contributed by atoms with van der Waals surface area (Å²) in [6, 6.07) is 6.08. The topological polar surface area (TPSA) is 88.5 Å². The molecule has 1 unspecified atom stereocenters. The zero-order chi connectivity index (χ0) is 23.4. The van der Waals surface area contributed by atoms with Gasteiger partial charge in [0.2, 0.25) is 0 Å². The van der Waals surface area contributed by atoms with Crippen molar-refractivity contribution in [3.8, 4) is 0 Å². The van der Waals surface area contributed by atoms with Gasteiger partial charge in [-0.25, -0.2) is 4.79 Å². The molecule has 2 aliphatic heterocycles. The summed E-state index contributed by atoms with van der Waals surface area (Å²) in [7, 11) is 0. The predicted octanol–water partition coefficient (Wildman–Crippen LogP) is 3.86. The summed E-state index contributed by atoms with van der Waals surface area (Å²) in [5.41, 5.74) is 0.136. The molecule has 7 nitrogen and oxygen atoms in total.